The van der Waals surface area contributed by atoms with Crippen LogP contribution in [0.2, 0.25) is 0 Å². The fourth-order valence-corrected chi connectivity index (χ4v) is 3.28. The third-order valence-corrected chi connectivity index (χ3v) is 4.66. The van der Waals surface area contributed by atoms with Crippen molar-refractivity contribution in [2.45, 2.75) is 46.3 Å². The van der Waals surface area contributed by atoms with Crippen molar-refractivity contribution in [3.05, 3.63) is 53.6 Å². The van der Waals surface area contributed by atoms with Crippen LogP contribution in [0.5, 0.6) is 5.75 Å². The van der Waals surface area contributed by atoms with Gasteiger partial charge in [0.15, 0.2) is 5.60 Å². The van der Waals surface area contributed by atoms with Gasteiger partial charge in [-0.25, -0.2) is 0 Å². The molecule has 1 aliphatic rings. The molecule has 7 heteroatoms. The van der Waals surface area contributed by atoms with Crippen LogP contribution in [0.3, 0.4) is 0 Å². The zero-order chi connectivity index (χ0) is 22.1. The number of amides is 3. The van der Waals surface area contributed by atoms with E-state index in [2.05, 4.69) is 10.6 Å². The van der Waals surface area contributed by atoms with E-state index in [1.165, 1.54) is 4.90 Å². The van der Waals surface area contributed by atoms with Crippen LogP contribution in [0.4, 0.5) is 11.4 Å². The van der Waals surface area contributed by atoms with Gasteiger partial charge in [0, 0.05) is 17.3 Å². The molecule has 158 valence electrons. The molecule has 0 aliphatic carbocycles. The summed E-state index contributed by atoms with van der Waals surface area (Å²) in [6.07, 6.45) is 0. The van der Waals surface area contributed by atoms with Gasteiger partial charge in [-0.15, -0.1) is 0 Å². The average Bonchev–Trinajstić information content (AvgIpc) is 2.64. The Morgan fingerprint density at radius 3 is 2.53 bits per heavy atom. The molecule has 0 aromatic heterocycles. The first kappa shape index (κ1) is 21.4. The number of ether oxygens (including phenoxy) is 1. The van der Waals surface area contributed by atoms with Crippen molar-refractivity contribution in [2.24, 2.45) is 0 Å². The molecule has 7 nitrogen and oxygen atoms in total. The summed E-state index contributed by atoms with van der Waals surface area (Å²) in [5.41, 5.74) is 1.34. The Hall–Kier alpha value is -3.35. The van der Waals surface area contributed by atoms with E-state index in [1.807, 2.05) is 39.0 Å². The monoisotopic (exact) mass is 409 g/mol. The second-order valence-corrected chi connectivity index (χ2v) is 8.23. The smallest absolute Gasteiger partial charge is 0.271 e. The molecule has 0 saturated carbocycles. The summed E-state index contributed by atoms with van der Waals surface area (Å²) in [6, 6.07) is 12.3. The molecule has 2 aromatic carbocycles. The topological polar surface area (TPSA) is 87.7 Å². The zero-order valence-electron chi connectivity index (χ0n) is 17.9. The highest BCUT2D eigenvalue weighted by molar-refractivity contribution is 6.08. The lowest BCUT2D eigenvalue weighted by Gasteiger charge is -2.38. The highest BCUT2D eigenvalue weighted by Gasteiger charge is 2.41. The summed E-state index contributed by atoms with van der Waals surface area (Å²) in [5.74, 6) is -0.497. The van der Waals surface area contributed by atoms with Crippen LogP contribution in [0.1, 0.15) is 43.6 Å². The number of fused-ring (bicyclic) bond motifs is 1. The number of anilines is 2. The minimum atomic E-state index is -1.13. The quantitative estimate of drug-likeness (QED) is 0.793. The van der Waals surface area contributed by atoms with Crippen LogP contribution in [-0.4, -0.2) is 35.9 Å². The number of rotatable bonds is 5. The first-order chi connectivity index (χ1) is 14.1. The van der Waals surface area contributed by atoms with Gasteiger partial charge >= 0.3 is 0 Å². The second kappa shape index (κ2) is 8.18. The van der Waals surface area contributed by atoms with Gasteiger partial charge in [0.25, 0.3) is 11.8 Å². The van der Waals surface area contributed by atoms with Crippen LogP contribution >= 0.6 is 0 Å². The Labute approximate surface area is 176 Å². The molecule has 1 heterocycles. The number of hydrogen-bond donors (Lipinski definition) is 2. The molecule has 2 N–H and O–H groups in total. The number of carbonyl (C=O) groups is 3. The fraction of sp³-hybridized carbons (Fsp3) is 0.348. The number of hydrogen-bond acceptors (Lipinski definition) is 4. The number of carbonyl (C=O) groups excluding carboxylic acids is 3. The van der Waals surface area contributed by atoms with E-state index < -0.39 is 5.60 Å². The van der Waals surface area contributed by atoms with Crippen molar-refractivity contribution in [1.29, 1.82) is 0 Å². The fourth-order valence-electron chi connectivity index (χ4n) is 3.28. The lowest BCUT2D eigenvalue weighted by atomic mass is 10.0. The Morgan fingerprint density at radius 1 is 1.13 bits per heavy atom. The Kier molecular flexibility index (Phi) is 5.82. The average molecular weight is 409 g/mol. The molecule has 0 atom stereocenters. The van der Waals surface area contributed by atoms with Crippen molar-refractivity contribution < 1.29 is 19.1 Å². The first-order valence-corrected chi connectivity index (χ1v) is 9.89. The molecule has 3 amide bonds. The standard InChI is InChI=1S/C23H27N3O4/c1-14(2)24-21(28)16-9-10-19-18(12-16)26(22(29)23(4,5)30-19)13-20(27)25-17-8-6-7-15(3)11-17/h6-12,14H,13H2,1-5H3,(H,24,28)(H,25,27). The van der Waals surface area contributed by atoms with Crippen molar-refractivity contribution in [3.8, 4) is 5.75 Å². The van der Waals surface area contributed by atoms with Gasteiger partial charge in [0.1, 0.15) is 12.3 Å². The maximum absolute atomic E-state index is 13.0. The van der Waals surface area contributed by atoms with E-state index >= 15 is 0 Å². The van der Waals surface area contributed by atoms with Crippen LogP contribution in [0, 0.1) is 6.92 Å². The maximum Gasteiger partial charge on any atom is 0.271 e. The minimum Gasteiger partial charge on any atom is -0.476 e. The highest BCUT2D eigenvalue weighted by Crippen LogP contribution is 2.38. The second-order valence-electron chi connectivity index (χ2n) is 8.23. The molecule has 0 spiro atoms. The molecule has 2 aromatic rings. The molecule has 1 aliphatic heterocycles. The molecular weight excluding hydrogens is 382 g/mol. The van der Waals surface area contributed by atoms with Crippen molar-refractivity contribution in [1.82, 2.24) is 5.32 Å². The van der Waals surface area contributed by atoms with Gasteiger partial charge in [-0.3, -0.25) is 19.3 Å². The van der Waals surface area contributed by atoms with E-state index in [0.717, 1.165) is 5.56 Å². The Bertz CT molecular complexity index is 998. The van der Waals surface area contributed by atoms with Gasteiger partial charge in [0.2, 0.25) is 5.91 Å². The summed E-state index contributed by atoms with van der Waals surface area (Å²) in [6.45, 7) is 8.79. The summed E-state index contributed by atoms with van der Waals surface area (Å²) < 4.78 is 5.84. The van der Waals surface area contributed by atoms with E-state index in [9.17, 15) is 14.4 Å². The summed E-state index contributed by atoms with van der Waals surface area (Å²) in [7, 11) is 0. The number of nitrogens with one attached hydrogen (secondary N) is 2. The van der Waals surface area contributed by atoms with E-state index in [4.69, 9.17) is 4.74 Å². The van der Waals surface area contributed by atoms with Gasteiger partial charge in [0.05, 0.1) is 5.69 Å². The highest BCUT2D eigenvalue weighted by atomic mass is 16.5. The van der Waals surface area contributed by atoms with Gasteiger partial charge in [-0.05, 0) is 70.5 Å². The van der Waals surface area contributed by atoms with E-state index in [1.54, 1.807) is 38.1 Å². The lowest BCUT2D eigenvalue weighted by Crippen LogP contribution is -2.54. The summed E-state index contributed by atoms with van der Waals surface area (Å²) >= 11 is 0. The minimum absolute atomic E-state index is 0.0263. The SMILES string of the molecule is Cc1cccc(NC(=O)CN2C(=O)C(C)(C)Oc3ccc(C(=O)NC(C)C)cc32)c1. The molecule has 30 heavy (non-hydrogen) atoms. The van der Waals surface area contributed by atoms with Crippen LogP contribution in [0.25, 0.3) is 0 Å². The van der Waals surface area contributed by atoms with E-state index in [0.29, 0.717) is 22.7 Å². The van der Waals surface area contributed by atoms with E-state index in [-0.39, 0.29) is 30.3 Å². The number of benzene rings is 2. The van der Waals surface area contributed by atoms with Crippen LogP contribution in [-0.2, 0) is 9.59 Å². The third-order valence-electron chi connectivity index (χ3n) is 4.66. The Morgan fingerprint density at radius 2 is 1.87 bits per heavy atom. The van der Waals surface area contributed by atoms with Gasteiger partial charge in [-0.1, -0.05) is 12.1 Å². The van der Waals surface area contributed by atoms with Crippen molar-refractivity contribution in [3.63, 3.8) is 0 Å². The normalized spacial score (nSPS) is 14.7. The molecule has 3 rings (SSSR count). The molecule has 0 bridgehead atoms. The molecule has 0 radical (unpaired) electrons. The summed E-state index contributed by atoms with van der Waals surface area (Å²) in [4.78, 5) is 39.5. The van der Waals surface area contributed by atoms with Crippen LogP contribution < -0.4 is 20.3 Å². The third kappa shape index (κ3) is 4.62. The molecule has 0 saturated heterocycles. The number of aryl methyl sites for hydroxylation is 1. The summed E-state index contributed by atoms with van der Waals surface area (Å²) in [5, 5.41) is 5.64. The molecular formula is C23H27N3O4. The van der Waals surface area contributed by atoms with Gasteiger partial charge in [-0.2, -0.15) is 0 Å². The number of nitrogens with zero attached hydrogens (tertiary/aromatic N) is 1. The van der Waals surface area contributed by atoms with Crippen molar-refractivity contribution in [2.75, 3.05) is 16.8 Å². The molecule has 0 unspecified atom stereocenters. The largest absolute Gasteiger partial charge is 0.476 e. The molecule has 0 fully saturated rings. The van der Waals surface area contributed by atoms with Gasteiger partial charge < -0.3 is 15.4 Å². The predicted octanol–water partition coefficient (Wildman–Crippen LogP) is 3.28. The predicted molar refractivity (Wildman–Crippen MR) is 116 cm³/mol. The maximum atomic E-state index is 13.0. The van der Waals surface area contributed by atoms with Crippen LogP contribution in [0.15, 0.2) is 42.5 Å². The lowest BCUT2D eigenvalue weighted by molar-refractivity contribution is -0.133. The zero-order valence-corrected chi connectivity index (χ0v) is 17.9. The Balaban J connectivity index is 1.90. The first-order valence-electron chi connectivity index (χ1n) is 9.89. The van der Waals surface area contributed by atoms with Crippen molar-refractivity contribution >= 4 is 29.1 Å².